The lowest BCUT2D eigenvalue weighted by Gasteiger charge is -2.23. The van der Waals surface area contributed by atoms with Crippen LogP contribution in [0.3, 0.4) is 0 Å². The predicted octanol–water partition coefficient (Wildman–Crippen LogP) is 3.71. The van der Waals surface area contributed by atoms with Crippen molar-refractivity contribution in [2.75, 3.05) is 20.1 Å². The van der Waals surface area contributed by atoms with Gasteiger partial charge in [-0.25, -0.2) is 0 Å². The Morgan fingerprint density at radius 2 is 2.15 bits per heavy atom. The van der Waals surface area contributed by atoms with Crippen LogP contribution in [0.4, 0.5) is 0 Å². The zero-order valence-corrected chi connectivity index (χ0v) is 14.0. The van der Waals surface area contributed by atoms with Crippen LogP contribution in [0.25, 0.3) is 0 Å². The van der Waals surface area contributed by atoms with Gasteiger partial charge in [-0.3, -0.25) is 4.79 Å². The molecule has 0 heterocycles. The van der Waals surface area contributed by atoms with Gasteiger partial charge in [0.2, 0.25) is 0 Å². The van der Waals surface area contributed by atoms with Gasteiger partial charge < -0.3 is 10.2 Å². The fraction of sp³-hybridized carbons (Fsp3) is 0.533. The molecule has 0 unspecified atom stereocenters. The molecule has 5 heteroatoms. The van der Waals surface area contributed by atoms with Crippen molar-refractivity contribution >= 4 is 33.4 Å². The van der Waals surface area contributed by atoms with Gasteiger partial charge in [0.15, 0.2) is 0 Å². The highest BCUT2D eigenvalue weighted by Crippen LogP contribution is 2.23. The van der Waals surface area contributed by atoms with Crippen molar-refractivity contribution in [3.63, 3.8) is 0 Å². The highest BCUT2D eigenvalue weighted by Gasteiger charge is 2.19. The first-order chi connectivity index (χ1) is 9.58. The van der Waals surface area contributed by atoms with Crippen molar-refractivity contribution in [1.82, 2.24) is 10.2 Å². The van der Waals surface area contributed by atoms with E-state index in [9.17, 15) is 4.79 Å². The van der Waals surface area contributed by atoms with Crippen LogP contribution in [0.2, 0.25) is 5.02 Å². The number of carbonyl (C=O) groups is 1. The second kappa shape index (κ2) is 7.43. The summed E-state index contributed by atoms with van der Waals surface area (Å²) in [6.45, 7) is 1.56. The summed E-state index contributed by atoms with van der Waals surface area (Å²) in [7, 11) is 2.14. The second-order valence-corrected chi connectivity index (χ2v) is 6.57. The lowest BCUT2D eigenvalue weighted by atomic mass is 10.2. The van der Waals surface area contributed by atoms with Crippen LogP contribution in [0.15, 0.2) is 22.7 Å². The quantitative estimate of drug-likeness (QED) is 0.869. The SMILES string of the molecule is CN(CCNC(=O)c1ccc(Br)c(Cl)c1)C1CCCC1. The number of hydrogen-bond acceptors (Lipinski definition) is 2. The van der Waals surface area contributed by atoms with Gasteiger partial charge in [-0.05, 0) is 54.0 Å². The zero-order chi connectivity index (χ0) is 14.5. The van der Waals surface area contributed by atoms with Crippen LogP contribution < -0.4 is 5.32 Å². The van der Waals surface area contributed by atoms with Crippen LogP contribution in [-0.4, -0.2) is 37.0 Å². The van der Waals surface area contributed by atoms with Gasteiger partial charge in [-0.2, -0.15) is 0 Å². The Bertz CT molecular complexity index is 475. The van der Waals surface area contributed by atoms with Crippen molar-refractivity contribution in [2.45, 2.75) is 31.7 Å². The average molecular weight is 360 g/mol. The molecule has 20 heavy (non-hydrogen) atoms. The first-order valence-corrected chi connectivity index (χ1v) is 8.18. The third-order valence-electron chi connectivity index (χ3n) is 3.88. The summed E-state index contributed by atoms with van der Waals surface area (Å²) in [5.74, 6) is -0.0702. The van der Waals surface area contributed by atoms with E-state index in [-0.39, 0.29) is 5.91 Å². The van der Waals surface area contributed by atoms with Gasteiger partial charge in [-0.1, -0.05) is 24.4 Å². The van der Waals surface area contributed by atoms with Crippen molar-refractivity contribution in [2.24, 2.45) is 0 Å². The van der Waals surface area contributed by atoms with Crippen molar-refractivity contribution in [3.05, 3.63) is 33.3 Å². The molecule has 0 atom stereocenters. The third kappa shape index (κ3) is 4.21. The summed E-state index contributed by atoms with van der Waals surface area (Å²) in [6.07, 6.45) is 5.23. The Hall–Kier alpha value is -0.580. The van der Waals surface area contributed by atoms with E-state index < -0.39 is 0 Å². The zero-order valence-electron chi connectivity index (χ0n) is 11.7. The number of likely N-dealkylation sites (N-methyl/N-ethyl adjacent to an activating group) is 1. The fourth-order valence-corrected chi connectivity index (χ4v) is 3.04. The monoisotopic (exact) mass is 358 g/mol. The van der Waals surface area contributed by atoms with Gasteiger partial charge in [0.25, 0.3) is 5.91 Å². The molecular formula is C15H20BrClN2O. The number of halogens is 2. The normalized spacial score (nSPS) is 15.8. The van der Waals surface area contributed by atoms with Crippen molar-refractivity contribution in [3.8, 4) is 0 Å². The number of amides is 1. The molecule has 0 bridgehead atoms. The molecule has 3 nitrogen and oxygen atoms in total. The molecule has 0 saturated heterocycles. The van der Waals surface area contributed by atoms with Crippen LogP contribution in [0.5, 0.6) is 0 Å². The number of nitrogens with one attached hydrogen (secondary N) is 1. The van der Waals surface area contributed by atoms with E-state index in [0.29, 0.717) is 23.2 Å². The molecule has 110 valence electrons. The summed E-state index contributed by atoms with van der Waals surface area (Å²) in [4.78, 5) is 14.4. The summed E-state index contributed by atoms with van der Waals surface area (Å²) in [5, 5.41) is 3.50. The molecule has 1 saturated carbocycles. The highest BCUT2D eigenvalue weighted by atomic mass is 79.9. The molecule has 1 N–H and O–H groups in total. The maximum absolute atomic E-state index is 12.0. The topological polar surface area (TPSA) is 32.3 Å². The van der Waals surface area contributed by atoms with E-state index in [0.717, 1.165) is 11.0 Å². The minimum Gasteiger partial charge on any atom is -0.351 e. The molecule has 1 aromatic carbocycles. The van der Waals surface area contributed by atoms with Gasteiger partial charge in [-0.15, -0.1) is 0 Å². The summed E-state index contributed by atoms with van der Waals surface area (Å²) < 4.78 is 0.802. The molecule has 1 amide bonds. The lowest BCUT2D eigenvalue weighted by Crippen LogP contribution is -2.37. The van der Waals surface area contributed by atoms with E-state index in [1.165, 1.54) is 25.7 Å². The molecule has 0 spiro atoms. The molecule has 1 aliphatic rings. The van der Waals surface area contributed by atoms with Gasteiger partial charge in [0.05, 0.1) is 5.02 Å². The predicted molar refractivity (Wildman–Crippen MR) is 86.4 cm³/mol. The lowest BCUT2D eigenvalue weighted by molar-refractivity contribution is 0.0947. The summed E-state index contributed by atoms with van der Waals surface area (Å²) >= 11 is 9.31. The van der Waals surface area contributed by atoms with Gasteiger partial charge in [0, 0.05) is 29.2 Å². The van der Waals surface area contributed by atoms with Crippen LogP contribution >= 0.6 is 27.5 Å². The highest BCUT2D eigenvalue weighted by molar-refractivity contribution is 9.10. The molecule has 0 aromatic heterocycles. The van der Waals surface area contributed by atoms with Crippen LogP contribution in [0.1, 0.15) is 36.0 Å². The second-order valence-electron chi connectivity index (χ2n) is 5.30. The fourth-order valence-electron chi connectivity index (χ4n) is 2.61. The Morgan fingerprint density at radius 1 is 1.45 bits per heavy atom. The maximum atomic E-state index is 12.0. The van der Waals surface area contributed by atoms with Gasteiger partial charge >= 0.3 is 0 Å². The standard InChI is InChI=1S/C15H20BrClN2O/c1-19(12-4-2-3-5-12)9-8-18-15(20)11-6-7-13(16)14(17)10-11/h6-7,10,12H,2-5,8-9H2,1H3,(H,18,20). The van der Waals surface area contributed by atoms with Crippen molar-refractivity contribution < 1.29 is 4.79 Å². The largest absolute Gasteiger partial charge is 0.351 e. The molecule has 1 aromatic rings. The van der Waals surface area contributed by atoms with E-state index in [1.54, 1.807) is 18.2 Å². The summed E-state index contributed by atoms with van der Waals surface area (Å²) in [6, 6.07) is 5.93. The molecular weight excluding hydrogens is 340 g/mol. The number of nitrogens with zero attached hydrogens (tertiary/aromatic N) is 1. The van der Waals surface area contributed by atoms with Crippen molar-refractivity contribution in [1.29, 1.82) is 0 Å². The van der Waals surface area contributed by atoms with Crippen LogP contribution in [-0.2, 0) is 0 Å². The molecule has 0 aliphatic heterocycles. The van der Waals surface area contributed by atoms with E-state index in [4.69, 9.17) is 11.6 Å². The van der Waals surface area contributed by atoms with E-state index in [2.05, 4.69) is 33.2 Å². The molecule has 2 rings (SSSR count). The Kier molecular flexibility index (Phi) is 5.87. The first kappa shape index (κ1) is 15.8. The minimum absolute atomic E-state index is 0.0702. The first-order valence-electron chi connectivity index (χ1n) is 7.01. The summed E-state index contributed by atoms with van der Waals surface area (Å²) in [5.41, 5.74) is 0.599. The Morgan fingerprint density at radius 3 is 2.80 bits per heavy atom. The average Bonchev–Trinajstić information content (AvgIpc) is 2.95. The van der Waals surface area contributed by atoms with E-state index >= 15 is 0 Å². The minimum atomic E-state index is -0.0702. The number of carbonyl (C=O) groups excluding carboxylic acids is 1. The third-order valence-corrected chi connectivity index (χ3v) is 5.11. The smallest absolute Gasteiger partial charge is 0.251 e. The maximum Gasteiger partial charge on any atom is 0.251 e. The van der Waals surface area contributed by atoms with Crippen LogP contribution in [0, 0.1) is 0 Å². The van der Waals surface area contributed by atoms with Gasteiger partial charge in [0.1, 0.15) is 0 Å². The molecule has 1 aliphatic carbocycles. The molecule has 1 fully saturated rings. The van der Waals surface area contributed by atoms with E-state index in [1.807, 2.05) is 0 Å². The number of rotatable bonds is 5. The Balaban J connectivity index is 1.78. The number of benzene rings is 1. The molecule has 0 radical (unpaired) electrons. The Labute approximate surface area is 133 Å². The number of hydrogen-bond donors (Lipinski definition) is 1.